The van der Waals surface area contributed by atoms with Crippen LogP contribution in [0.4, 0.5) is 0 Å². The van der Waals surface area contributed by atoms with Crippen molar-refractivity contribution in [3.8, 4) is 0 Å². The van der Waals surface area contributed by atoms with Crippen molar-refractivity contribution in [1.82, 2.24) is 0 Å². The van der Waals surface area contributed by atoms with Gasteiger partial charge >= 0.3 is 130 Å². The molecule has 2 nitrogen and oxygen atoms in total. The van der Waals surface area contributed by atoms with Gasteiger partial charge in [-0.25, -0.2) is 0 Å². The Balaban J connectivity index is 0. The molecule has 0 aliphatic heterocycles. The van der Waals surface area contributed by atoms with Gasteiger partial charge in [-0.2, -0.15) is 0 Å². The van der Waals surface area contributed by atoms with E-state index in [-0.39, 0.29) is 0 Å². The third-order valence-electron chi connectivity index (χ3n) is 6.48. The van der Waals surface area contributed by atoms with Gasteiger partial charge in [0.2, 0.25) is 0 Å². The zero-order chi connectivity index (χ0) is 22.6. The molecule has 0 spiro atoms. The standard InChI is InChI=1S/C18H41P.C8H16O2/c1-5-9-13-14-18-19(15-10-6-2,16-11-7-3)17-12-8-4;1-4-5-6-8(2,3)7(9)10/h19H,5-18H2,1-4H3;4-6H2,1-3H3,(H,9,10). The van der Waals surface area contributed by atoms with Gasteiger partial charge in [0.25, 0.3) is 0 Å². The average molecular weight is 433 g/mol. The normalized spacial score (nSPS) is 12.4. The van der Waals surface area contributed by atoms with Gasteiger partial charge in [0.1, 0.15) is 0 Å². The third-order valence-corrected chi connectivity index (χ3v) is 12.1. The summed E-state index contributed by atoms with van der Waals surface area (Å²) in [6.07, 6.45) is 24.0. The topological polar surface area (TPSA) is 37.3 Å². The van der Waals surface area contributed by atoms with Gasteiger partial charge in [0, 0.05) is 0 Å². The van der Waals surface area contributed by atoms with E-state index in [1.165, 1.54) is 64.2 Å². The molecule has 0 aromatic carbocycles. The second kappa shape index (κ2) is 19.8. The summed E-state index contributed by atoms with van der Waals surface area (Å²) in [7, 11) is -0.908. The fourth-order valence-corrected chi connectivity index (χ4v) is 9.87. The fraction of sp³-hybridized carbons (Fsp3) is 0.962. The molecule has 29 heavy (non-hydrogen) atoms. The van der Waals surface area contributed by atoms with Crippen LogP contribution in [0.15, 0.2) is 0 Å². The molecule has 3 heteroatoms. The van der Waals surface area contributed by atoms with Gasteiger partial charge in [0.05, 0.1) is 5.41 Å². The Hall–Kier alpha value is -0.100. The zero-order valence-corrected chi connectivity index (χ0v) is 22.4. The molecule has 0 atom stereocenters. The molecule has 0 aliphatic carbocycles. The number of unbranched alkanes of at least 4 members (excludes halogenated alkanes) is 7. The van der Waals surface area contributed by atoms with Crippen LogP contribution in [0.5, 0.6) is 0 Å². The van der Waals surface area contributed by atoms with Crippen LogP contribution < -0.4 is 0 Å². The van der Waals surface area contributed by atoms with E-state index < -0.39 is 18.6 Å². The summed E-state index contributed by atoms with van der Waals surface area (Å²) in [5.74, 6) is -0.694. The van der Waals surface area contributed by atoms with E-state index in [0.717, 1.165) is 19.3 Å². The SMILES string of the molecule is CCCCC(C)(C)C(=O)O.CCCCCC[PH](CCCC)(CCCC)CCCC. The van der Waals surface area contributed by atoms with E-state index >= 15 is 0 Å². The Kier molecular flexibility index (Phi) is 21.3. The molecule has 178 valence electrons. The second-order valence-corrected chi connectivity index (χ2v) is 14.9. The molecule has 0 heterocycles. The summed E-state index contributed by atoms with van der Waals surface area (Å²) in [6.45, 7) is 15.0. The van der Waals surface area contributed by atoms with Crippen LogP contribution in [0.2, 0.25) is 0 Å². The van der Waals surface area contributed by atoms with Crippen LogP contribution in [0.1, 0.15) is 132 Å². The van der Waals surface area contributed by atoms with Crippen molar-refractivity contribution < 1.29 is 9.90 Å². The number of carboxylic acids is 1. The van der Waals surface area contributed by atoms with E-state index in [1.807, 2.05) is 0 Å². The van der Waals surface area contributed by atoms with E-state index in [0.29, 0.717) is 0 Å². The summed E-state index contributed by atoms with van der Waals surface area (Å²) in [4.78, 5) is 10.5. The van der Waals surface area contributed by atoms with Crippen molar-refractivity contribution in [2.45, 2.75) is 132 Å². The summed E-state index contributed by atoms with van der Waals surface area (Å²) in [5, 5.41) is 8.67. The van der Waals surface area contributed by atoms with Crippen molar-refractivity contribution in [2.75, 3.05) is 24.6 Å². The molecule has 0 unspecified atom stereocenters. The molecule has 0 aliphatic rings. The number of hydrogen-bond acceptors (Lipinski definition) is 1. The summed E-state index contributed by atoms with van der Waals surface area (Å²) < 4.78 is 0. The van der Waals surface area contributed by atoms with Crippen molar-refractivity contribution in [3.05, 3.63) is 0 Å². The van der Waals surface area contributed by atoms with Gasteiger partial charge in [-0.15, -0.1) is 0 Å². The quantitative estimate of drug-likeness (QED) is 0.173. The molecular weight excluding hydrogens is 375 g/mol. The molecule has 0 bridgehead atoms. The fourth-order valence-electron chi connectivity index (χ4n) is 4.06. The Bertz CT molecular complexity index is 344. The first-order valence-electron chi connectivity index (χ1n) is 13.0. The van der Waals surface area contributed by atoms with Crippen LogP contribution in [-0.4, -0.2) is 35.7 Å². The van der Waals surface area contributed by atoms with E-state index in [9.17, 15) is 4.79 Å². The first-order chi connectivity index (χ1) is 13.7. The monoisotopic (exact) mass is 432 g/mol. The first-order valence-corrected chi connectivity index (χ1v) is 15.8. The van der Waals surface area contributed by atoms with Crippen LogP contribution in [-0.2, 0) is 4.79 Å². The zero-order valence-electron chi connectivity index (χ0n) is 21.4. The van der Waals surface area contributed by atoms with Gasteiger partial charge in [-0.05, 0) is 20.3 Å². The van der Waals surface area contributed by atoms with Crippen molar-refractivity contribution in [3.63, 3.8) is 0 Å². The first kappa shape index (κ1) is 31.1. The predicted octanol–water partition coefficient (Wildman–Crippen LogP) is 9.00. The number of carboxylic acid groups (broad SMARTS) is 1. The van der Waals surface area contributed by atoms with E-state index in [2.05, 4.69) is 34.6 Å². The maximum atomic E-state index is 10.5. The summed E-state index contributed by atoms with van der Waals surface area (Å²) in [6, 6.07) is 0. The number of hydrogen-bond donors (Lipinski definition) is 1. The van der Waals surface area contributed by atoms with Gasteiger partial charge in [-0.1, -0.05) is 19.8 Å². The van der Waals surface area contributed by atoms with E-state index in [1.54, 1.807) is 38.5 Å². The van der Waals surface area contributed by atoms with Crippen LogP contribution in [0, 0.1) is 5.41 Å². The molecule has 0 aromatic rings. The minimum absolute atomic E-state index is 0.532. The second-order valence-electron chi connectivity index (χ2n) is 9.91. The van der Waals surface area contributed by atoms with Crippen LogP contribution in [0.3, 0.4) is 0 Å². The van der Waals surface area contributed by atoms with E-state index in [4.69, 9.17) is 5.11 Å². The minimum atomic E-state index is -0.908. The molecule has 0 saturated heterocycles. The Morgan fingerprint density at radius 2 is 1.00 bits per heavy atom. The predicted molar refractivity (Wildman–Crippen MR) is 138 cm³/mol. The number of aliphatic carboxylic acids is 1. The maximum absolute atomic E-state index is 10.5. The van der Waals surface area contributed by atoms with Crippen LogP contribution in [0.25, 0.3) is 0 Å². The molecule has 0 fully saturated rings. The van der Waals surface area contributed by atoms with Gasteiger partial charge in [-0.3, -0.25) is 4.79 Å². The van der Waals surface area contributed by atoms with Crippen LogP contribution >= 0.6 is 7.26 Å². The Labute approximate surface area is 185 Å². The molecule has 0 aromatic heterocycles. The number of carbonyl (C=O) groups is 1. The Morgan fingerprint density at radius 1 is 0.621 bits per heavy atom. The third kappa shape index (κ3) is 17.3. The summed E-state index contributed by atoms with van der Waals surface area (Å²) in [5.41, 5.74) is -0.532. The average Bonchev–Trinajstić information content (AvgIpc) is 2.70. The molecule has 0 saturated carbocycles. The molecular formula is C26H57O2P. The van der Waals surface area contributed by atoms with Crippen molar-refractivity contribution in [1.29, 1.82) is 0 Å². The molecule has 0 rings (SSSR count). The molecule has 1 N–H and O–H groups in total. The summed E-state index contributed by atoms with van der Waals surface area (Å²) >= 11 is 0. The number of rotatable bonds is 18. The molecule has 0 amide bonds. The van der Waals surface area contributed by atoms with Crippen molar-refractivity contribution >= 4 is 13.2 Å². The van der Waals surface area contributed by atoms with Gasteiger partial charge in [0.15, 0.2) is 0 Å². The van der Waals surface area contributed by atoms with Crippen molar-refractivity contribution in [2.24, 2.45) is 5.41 Å². The Morgan fingerprint density at radius 3 is 1.34 bits per heavy atom. The molecule has 0 radical (unpaired) electrons. The van der Waals surface area contributed by atoms with Gasteiger partial charge < -0.3 is 5.11 Å².